The number of halogens is 1. The highest BCUT2D eigenvalue weighted by Crippen LogP contribution is 2.21. The van der Waals surface area contributed by atoms with Gasteiger partial charge in [-0.1, -0.05) is 31.0 Å². The number of amides is 1. The van der Waals surface area contributed by atoms with E-state index in [0.29, 0.717) is 0 Å². The number of piperazine rings is 1. The first kappa shape index (κ1) is 15.1. The normalized spacial score (nSPS) is 17.1. The lowest BCUT2D eigenvalue weighted by Crippen LogP contribution is -2.53. The van der Waals surface area contributed by atoms with E-state index in [2.05, 4.69) is 4.90 Å². The summed E-state index contributed by atoms with van der Waals surface area (Å²) in [5, 5.41) is 0.742. The average molecular weight is 296 g/mol. The van der Waals surface area contributed by atoms with Crippen LogP contribution >= 0.6 is 11.6 Å². The molecule has 1 saturated heterocycles. The van der Waals surface area contributed by atoms with Crippen LogP contribution in [0.1, 0.15) is 19.8 Å². The Balaban J connectivity index is 1.91. The molecule has 0 saturated carbocycles. The quantitative estimate of drug-likeness (QED) is 0.925. The Hall–Kier alpha value is -1.26. The number of nitrogens with two attached hydrogens (primary N) is 1. The molecule has 1 amide bonds. The summed E-state index contributed by atoms with van der Waals surface area (Å²) < 4.78 is 0. The Morgan fingerprint density at radius 3 is 2.65 bits per heavy atom. The van der Waals surface area contributed by atoms with E-state index >= 15 is 0 Å². The van der Waals surface area contributed by atoms with Gasteiger partial charge < -0.3 is 15.5 Å². The second-order valence-corrected chi connectivity index (χ2v) is 5.62. The van der Waals surface area contributed by atoms with Gasteiger partial charge in [0, 0.05) is 36.9 Å². The highest BCUT2D eigenvalue weighted by molar-refractivity contribution is 6.30. The molecule has 1 atom stereocenters. The molecule has 1 aliphatic rings. The van der Waals surface area contributed by atoms with Gasteiger partial charge in [-0.05, 0) is 24.6 Å². The van der Waals surface area contributed by atoms with E-state index in [-0.39, 0.29) is 11.9 Å². The number of carbonyl (C=O) groups excluding carboxylic acids is 1. The van der Waals surface area contributed by atoms with Crippen molar-refractivity contribution in [3.05, 3.63) is 29.3 Å². The van der Waals surface area contributed by atoms with Crippen molar-refractivity contribution in [1.82, 2.24) is 4.90 Å². The molecule has 0 radical (unpaired) electrons. The molecule has 2 N–H and O–H groups in total. The van der Waals surface area contributed by atoms with Crippen LogP contribution in [0.4, 0.5) is 5.69 Å². The van der Waals surface area contributed by atoms with Crippen molar-refractivity contribution >= 4 is 23.2 Å². The van der Waals surface area contributed by atoms with E-state index in [4.69, 9.17) is 17.3 Å². The third-order valence-electron chi connectivity index (χ3n) is 3.68. The van der Waals surface area contributed by atoms with Gasteiger partial charge in [0.15, 0.2) is 0 Å². The van der Waals surface area contributed by atoms with Gasteiger partial charge in [-0.15, -0.1) is 0 Å². The lowest BCUT2D eigenvalue weighted by molar-refractivity contribution is -0.133. The number of anilines is 1. The zero-order valence-electron chi connectivity index (χ0n) is 11.9. The number of hydrogen-bond donors (Lipinski definition) is 1. The molecule has 1 aliphatic heterocycles. The van der Waals surface area contributed by atoms with E-state index in [1.54, 1.807) is 0 Å². The van der Waals surface area contributed by atoms with Crippen molar-refractivity contribution in [3.8, 4) is 0 Å². The largest absolute Gasteiger partial charge is 0.368 e. The van der Waals surface area contributed by atoms with Gasteiger partial charge in [0.1, 0.15) is 0 Å². The number of nitrogens with zero attached hydrogens (tertiary/aromatic N) is 2. The van der Waals surface area contributed by atoms with Gasteiger partial charge >= 0.3 is 0 Å². The molecule has 20 heavy (non-hydrogen) atoms. The van der Waals surface area contributed by atoms with Crippen molar-refractivity contribution in [1.29, 1.82) is 0 Å². The molecule has 5 heteroatoms. The molecular weight excluding hydrogens is 274 g/mol. The van der Waals surface area contributed by atoms with Crippen LogP contribution < -0.4 is 10.6 Å². The Labute approximate surface area is 125 Å². The summed E-state index contributed by atoms with van der Waals surface area (Å²) in [6.07, 6.45) is 1.70. The van der Waals surface area contributed by atoms with E-state index in [0.717, 1.165) is 49.7 Å². The van der Waals surface area contributed by atoms with Gasteiger partial charge in [0.05, 0.1) is 6.04 Å². The summed E-state index contributed by atoms with van der Waals surface area (Å²) >= 11 is 6.01. The predicted molar refractivity (Wildman–Crippen MR) is 83.1 cm³/mol. The van der Waals surface area contributed by atoms with Crippen LogP contribution in [-0.4, -0.2) is 43.0 Å². The molecule has 1 fully saturated rings. The molecule has 2 rings (SSSR count). The van der Waals surface area contributed by atoms with Crippen LogP contribution in [0.5, 0.6) is 0 Å². The summed E-state index contributed by atoms with van der Waals surface area (Å²) in [5.74, 6) is 0.0811. The maximum atomic E-state index is 12.1. The van der Waals surface area contributed by atoms with E-state index < -0.39 is 0 Å². The smallest absolute Gasteiger partial charge is 0.239 e. The van der Waals surface area contributed by atoms with E-state index in [1.807, 2.05) is 36.1 Å². The van der Waals surface area contributed by atoms with Crippen LogP contribution in [0, 0.1) is 0 Å². The third kappa shape index (κ3) is 3.64. The summed E-state index contributed by atoms with van der Waals surface area (Å²) in [4.78, 5) is 16.3. The van der Waals surface area contributed by atoms with Gasteiger partial charge in [0.25, 0.3) is 0 Å². The van der Waals surface area contributed by atoms with Crippen molar-refractivity contribution in [3.63, 3.8) is 0 Å². The van der Waals surface area contributed by atoms with Crippen molar-refractivity contribution < 1.29 is 4.79 Å². The molecule has 0 unspecified atom stereocenters. The number of benzene rings is 1. The lowest BCUT2D eigenvalue weighted by Gasteiger charge is -2.37. The molecular formula is C15H22ClN3O. The minimum Gasteiger partial charge on any atom is -0.368 e. The molecule has 0 spiro atoms. The minimum absolute atomic E-state index is 0.0811. The van der Waals surface area contributed by atoms with Gasteiger partial charge in [-0.25, -0.2) is 0 Å². The first-order chi connectivity index (χ1) is 9.61. The zero-order chi connectivity index (χ0) is 14.5. The van der Waals surface area contributed by atoms with Crippen molar-refractivity contribution in [2.45, 2.75) is 25.8 Å². The Morgan fingerprint density at radius 1 is 1.35 bits per heavy atom. The molecule has 4 nitrogen and oxygen atoms in total. The van der Waals surface area contributed by atoms with Crippen molar-refractivity contribution in [2.75, 3.05) is 31.1 Å². The molecule has 1 heterocycles. The average Bonchev–Trinajstić information content (AvgIpc) is 2.47. The maximum Gasteiger partial charge on any atom is 0.239 e. The van der Waals surface area contributed by atoms with Gasteiger partial charge in [0.2, 0.25) is 5.91 Å². The van der Waals surface area contributed by atoms with Gasteiger partial charge in [-0.2, -0.15) is 0 Å². The fraction of sp³-hybridized carbons (Fsp3) is 0.533. The highest BCUT2D eigenvalue weighted by atomic mass is 35.5. The summed E-state index contributed by atoms with van der Waals surface area (Å²) in [6, 6.07) is 7.48. The number of carbonyl (C=O) groups is 1. The first-order valence-corrected chi connectivity index (χ1v) is 7.54. The minimum atomic E-state index is -0.349. The van der Waals surface area contributed by atoms with Gasteiger partial charge in [-0.3, -0.25) is 4.79 Å². The molecule has 110 valence electrons. The van der Waals surface area contributed by atoms with Crippen LogP contribution in [0.2, 0.25) is 5.02 Å². The fourth-order valence-corrected chi connectivity index (χ4v) is 2.71. The molecule has 1 aromatic carbocycles. The second-order valence-electron chi connectivity index (χ2n) is 5.19. The summed E-state index contributed by atoms with van der Waals surface area (Å²) in [5.41, 5.74) is 7.02. The highest BCUT2D eigenvalue weighted by Gasteiger charge is 2.24. The molecule has 1 aromatic rings. The Kier molecular flexibility index (Phi) is 5.26. The maximum absolute atomic E-state index is 12.1. The topological polar surface area (TPSA) is 49.6 Å². The fourth-order valence-electron chi connectivity index (χ4n) is 2.53. The summed E-state index contributed by atoms with van der Waals surface area (Å²) in [6.45, 7) is 5.14. The zero-order valence-corrected chi connectivity index (χ0v) is 12.6. The number of hydrogen-bond acceptors (Lipinski definition) is 3. The van der Waals surface area contributed by atoms with Crippen LogP contribution in [0.25, 0.3) is 0 Å². The lowest BCUT2D eigenvalue weighted by atomic mass is 10.1. The van der Waals surface area contributed by atoms with Crippen LogP contribution in [0.3, 0.4) is 0 Å². The van der Waals surface area contributed by atoms with Crippen LogP contribution in [-0.2, 0) is 4.79 Å². The molecule has 0 aromatic heterocycles. The number of rotatable bonds is 4. The molecule has 0 aliphatic carbocycles. The first-order valence-electron chi connectivity index (χ1n) is 7.16. The van der Waals surface area contributed by atoms with Crippen LogP contribution in [0.15, 0.2) is 24.3 Å². The third-order valence-corrected chi connectivity index (χ3v) is 3.92. The standard InChI is InChI=1S/C15H22ClN3O/c1-2-4-14(17)15(20)19-9-7-18(8-10-19)13-6-3-5-12(16)11-13/h3,5-6,11,14H,2,4,7-10,17H2,1H3/t14-/m1/s1. The predicted octanol–water partition coefficient (Wildman–Crippen LogP) is 2.12. The van der Waals surface area contributed by atoms with Crippen molar-refractivity contribution in [2.24, 2.45) is 5.73 Å². The Bertz CT molecular complexity index is 458. The monoisotopic (exact) mass is 295 g/mol. The molecule has 0 bridgehead atoms. The van der Waals surface area contributed by atoms with E-state index in [1.165, 1.54) is 0 Å². The SMILES string of the molecule is CCC[C@@H](N)C(=O)N1CCN(c2cccc(Cl)c2)CC1. The van der Waals surface area contributed by atoms with E-state index in [9.17, 15) is 4.79 Å². The Morgan fingerprint density at radius 2 is 2.05 bits per heavy atom. The summed E-state index contributed by atoms with van der Waals surface area (Å²) in [7, 11) is 0. The second kappa shape index (κ2) is 6.95.